The van der Waals surface area contributed by atoms with Crippen molar-refractivity contribution in [2.75, 3.05) is 6.54 Å². The van der Waals surface area contributed by atoms with Crippen molar-refractivity contribution in [2.45, 2.75) is 78.7 Å². The first kappa shape index (κ1) is 16.8. The van der Waals surface area contributed by atoms with Crippen LogP contribution in [0.5, 0.6) is 0 Å². The van der Waals surface area contributed by atoms with Gasteiger partial charge in [0.1, 0.15) is 0 Å². The maximum Gasteiger partial charge on any atom is 0.00953 e. The zero-order valence-electron chi connectivity index (χ0n) is 13.7. The third kappa shape index (κ3) is 5.69. The van der Waals surface area contributed by atoms with Crippen molar-refractivity contribution in [1.29, 1.82) is 0 Å². The van der Waals surface area contributed by atoms with Crippen LogP contribution in [0.25, 0.3) is 0 Å². The fourth-order valence-corrected chi connectivity index (χ4v) is 3.64. The van der Waals surface area contributed by atoms with E-state index >= 15 is 0 Å². The van der Waals surface area contributed by atoms with Gasteiger partial charge in [-0.3, -0.25) is 0 Å². The van der Waals surface area contributed by atoms with Gasteiger partial charge in [-0.2, -0.15) is 0 Å². The lowest BCUT2D eigenvalue weighted by molar-refractivity contribution is 0.130. The summed E-state index contributed by atoms with van der Waals surface area (Å²) in [5.41, 5.74) is 0.501. The molecule has 1 aliphatic carbocycles. The van der Waals surface area contributed by atoms with Crippen LogP contribution in [0, 0.1) is 17.3 Å². The summed E-state index contributed by atoms with van der Waals surface area (Å²) < 4.78 is 0. The molecule has 0 radical (unpaired) electrons. The molecular weight excluding hydrogens is 230 g/mol. The third-order valence-electron chi connectivity index (χ3n) is 4.96. The minimum Gasteiger partial charge on any atom is -0.314 e. The molecule has 1 rings (SSSR count). The van der Waals surface area contributed by atoms with E-state index in [9.17, 15) is 0 Å². The van der Waals surface area contributed by atoms with Gasteiger partial charge in [-0.25, -0.2) is 0 Å². The number of rotatable bonds is 7. The van der Waals surface area contributed by atoms with E-state index in [-0.39, 0.29) is 0 Å². The van der Waals surface area contributed by atoms with Crippen LogP contribution in [0.15, 0.2) is 12.7 Å². The predicted molar refractivity (Wildman–Crippen MR) is 86.4 cm³/mol. The fourth-order valence-electron chi connectivity index (χ4n) is 3.64. The van der Waals surface area contributed by atoms with Crippen LogP contribution < -0.4 is 5.32 Å². The maximum absolute atomic E-state index is 3.83. The van der Waals surface area contributed by atoms with Crippen molar-refractivity contribution in [3.05, 3.63) is 12.7 Å². The smallest absolute Gasteiger partial charge is 0.00953 e. The average Bonchev–Trinajstić information content (AvgIpc) is 2.37. The highest BCUT2D eigenvalue weighted by molar-refractivity contribution is 4.86. The second-order valence-electron chi connectivity index (χ2n) is 7.36. The van der Waals surface area contributed by atoms with Crippen molar-refractivity contribution < 1.29 is 0 Å². The van der Waals surface area contributed by atoms with E-state index in [0.717, 1.165) is 24.4 Å². The molecule has 0 bridgehead atoms. The van der Waals surface area contributed by atoms with E-state index in [1.807, 2.05) is 0 Å². The van der Waals surface area contributed by atoms with Crippen molar-refractivity contribution in [3.63, 3.8) is 0 Å². The first-order valence-corrected chi connectivity index (χ1v) is 8.33. The molecule has 0 spiro atoms. The SMILES string of the molecule is C=CCCCC(NCC)C1CCC(C(C)(C)C)CC1. The number of nitrogens with one attached hydrogen (secondary N) is 1. The summed E-state index contributed by atoms with van der Waals surface area (Å²) in [6.45, 7) is 14.4. The highest BCUT2D eigenvalue weighted by Crippen LogP contribution is 2.41. The zero-order valence-corrected chi connectivity index (χ0v) is 13.7. The molecule has 0 aromatic heterocycles. The summed E-state index contributed by atoms with van der Waals surface area (Å²) in [6.07, 6.45) is 11.5. The highest BCUT2D eigenvalue weighted by Gasteiger charge is 2.32. The molecule has 0 aromatic rings. The Hall–Kier alpha value is -0.300. The molecule has 0 saturated heterocycles. The minimum atomic E-state index is 0.501. The Kier molecular flexibility index (Phi) is 7.13. The van der Waals surface area contributed by atoms with Crippen LogP contribution in [0.2, 0.25) is 0 Å². The summed E-state index contributed by atoms with van der Waals surface area (Å²) in [5, 5.41) is 3.73. The van der Waals surface area contributed by atoms with Gasteiger partial charge < -0.3 is 5.32 Å². The van der Waals surface area contributed by atoms with Crippen molar-refractivity contribution in [1.82, 2.24) is 5.32 Å². The molecule has 1 saturated carbocycles. The Morgan fingerprint density at radius 1 is 1.21 bits per heavy atom. The second-order valence-corrected chi connectivity index (χ2v) is 7.36. The minimum absolute atomic E-state index is 0.501. The molecule has 1 N–H and O–H groups in total. The lowest BCUT2D eigenvalue weighted by Crippen LogP contribution is -2.39. The molecule has 0 heterocycles. The van der Waals surface area contributed by atoms with E-state index in [2.05, 4.69) is 45.7 Å². The summed E-state index contributed by atoms with van der Waals surface area (Å²) in [5.74, 6) is 1.84. The molecule has 0 amide bonds. The van der Waals surface area contributed by atoms with Gasteiger partial charge in [0.05, 0.1) is 0 Å². The van der Waals surface area contributed by atoms with Crippen LogP contribution in [0.1, 0.15) is 72.6 Å². The Balaban J connectivity index is 2.42. The Labute approximate surface area is 121 Å². The summed E-state index contributed by atoms with van der Waals surface area (Å²) >= 11 is 0. The summed E-state index contributed by atoms with van der Waals surface area (Å²) in [7, 11) is 0. The number of hydrogen-bond acceptors (Lipinski definition) is 1. The van der Waals surface area contributed by atoms with Crippen LogP contribution in [-0.4, -0.2) is 12.6 Å². The normalized spacial score (nSPS) is 26.1. The lowest BCUT2D eigenvalue weighted by Gasteiger charge is -2.39. The van der Waals surface area contributed by atoms with Gasteiger partial charge in [0, 0.05) is 6.04 Å². The lowest BCUT2D eigenvalue weighted by atomic mass is 9.68. The second kappa shape index (κ2) is 8.09. The summed E-state index contributed by atoms with van der Waals surface area (Å²) in [4.78, 5) is 0. The topological polar surface area (TPSA) is 12.0 Å². The molecular formula is C18H35N. The van der Waals surface area contributed by atoms with Gasteiger partial charge in [-0.15, -0.1) is 6.58 Å². The van der Waals surface area contributed by atoms with Gasteiger partial charge >= 0.3 is 0 Å². The van der Waals surface area contributed by atoms with Crippen molar-refractivity contribution >= 4 is 0 Å². The average molecular weight is 265 g/mol. The summed E-state index contributed by atoms with van der Waals surface area (Å²) in [6, 6.07) is 0.742. The quantitative estimate of drug-likeness (QED) is 0.494. The zero-order chi connectivity index (χ0) is 14.3. The van der Waals surface area contributed by atoms with Crippen LogP contribution >= 0.6 is 0 Å². The number of allylic oxidation sites excluding steroid dienone is 1. The molecule has 1 aliphatic rings. The first-order chi connectivity index (χ1) is 8.99. The molecule has 0 aliphatic heterocycles. The van der Waals surface area contributed by atoms with E-state index in [1.165, 1.54) is 44.9 Å². The molecule has 0 aromatic carbocycles. The van der Waals surface area contributed by atoms with Gasteiger partial charge in [-0.1, -0.05) is 33.8 Å². The monoisotopic (exact) mass is 265 g/mol. The molecule has 1 heteroatoms. The fraction of sp³-hybridized carbons (Fsp3) is 0.889. The predicted octanol–water partition coefficient (Wildman–Crippen LogP) is 5.17. The highest BCUT2D eigenvalue weighted by atomic mass is 14.9. The Morgan fingerprint density at radius 3 is 2.32 bits per heavy atom. The van der Waals surface area contributed by atoms with Crippen LogP contribution in [0.4, 0.5) is 0 Å². The first-order valence-electron chi connectivity index (χ1n) is 8.33. The number of hydrogen-bond donors (Lipinski definition) is 1. The van der Waals surface area contributed by atoms with Gasteiger partial charge in [-0.05, 0) is 68.7 Å². The van der Waals surface area contributed by atoms with E-state index < -0.39 is 0 Å². The molecule has 1 fully saturated rings. The van der Waals surface area contributed by atoms with E-state index in [1.54, 1.807) is 0 Å². The Bertz CT molecular complexity index is 243. The van der Waals surface area contributed by atoms with Gasteiger partial charge in [0.2, 0.25) is 0 Å². The number of unbranched alkanes of at least 4 members (excludes halogenated alkanes) is 1. The van der Waals surface area contributed by atoms with E-state index in [0.29, 0.717) is 5.41 Å². The Morgan fingerprint density at radius 2 is 1.84 bits per heavy atom. The molecule has 1 atom stereocenters. The van der Waals surface area contributed by atoms with Crippen LogP contribution in [-0.2, 0) is 0 Å². The molecule has 1 unspecified atom stereocenters. The standard InChI is InChI=1S/C18H35N/c1-6-8-9-10-17(19-7-2)15-11-13-16(14-12-15)18(3,4)5/h6,15-17,19H,1,7-14H2,2-5H3. The third-order valence-corrected chi connectivity index (χ3v) is 4.96. The molecule has 1 nitrogen and oxygen atoms in total. The van der Waals surface area contributed by atoms with Crippen molar-refractivity contribution in [2.24, 2.45) is 17.3 Å². The van der Waals surface area contributed by atoms with Crippen molar-refractivity contribution in [3.8, 4) is 0 Å². The molecule has 19 heavy (non-hydrogen) atoms. The van der Waals surface area contributed by atoms with Crippen LogP contribution in [0.3, 0.4) is 0 Å². The maximum atomic E-state index is 3.83. The van der Waals surface area contributed by atoms with Gasteiger partial charge in [0.15, 0.2) is 0 Å². The molecule has 112 valence electrons. The van der Waals surface area contributed by atoms with E-state index in [4.69, 9.17) is 0 Å². The largest absolute Gasteiger partial charge is 0.314 e. The van der Waals surface area contributed by atoms with Gasteiger partial charge in [0.25, 0.3) is 0 Å².